The normalized spacial score (nSPS) is 14.4. The maximum atomic E-state index is 12.8. The lowest BCUT2D eigenvalue weighted by Gasteiger charge is -2.32. The molecule has 0 unspecified atom stereocenters. The van der Waals surface area contributed by atoms with Gasteiger partial charge < -0.3 is 15.1 Å². The van der Waals surface area contributed by atoms with Gasteiger partial charge in [-0.25, -0.2) is 0 Å². The van der Waals surface area contributed by atoms with E-state index in [0.29, 0.717) is 34.9 Å². The molecule has 0 atom stereocenters. The number of piperazine rings is 1. The minimum absolute atomic E-state index is 0.0487. The number of halogens is 1. The fourth-order valence-electron chi connectivity index (χ4n) is 2.98. The van der Waals surface area contributed by atoms with Gasteiger partial charge in [-0.2, -0.15) is 0 Å². The predicted molar refractivity (Wildman–Crippen MR) is 120 cm³/mol. The fraction of sp³-hybridized carbons (Fsp3) is 0.286. The zero-order valence-electron chi connectivity index (χ0n) is 16.4. The van der Waals surface area contributed by atoms with Crippen molar-refractivity contribution < 1.29 is 9.59 Å². The molecule has 2 aromatic rings. The van der Waals surface area contributed by atoms with E-state index in [1.165, 1.54) is 0 Å². The van der Waals surface area contributed by atoms with E-state index in [1.54, 1.807) is 30.3 Å². The SMILES string of the molecule is Cc1ccc(C(=O)NC(=S)Nc2cc(C(=O)N3CCN(C)CC3)ccc2Cl)cc1. The van der Waals surface area contributed by atoms with Crippen LogP contribution < -0.4 is 10.6 Å². The summed E-state index contributed by atoms with van der Waals surface area (Å²) >= 11 is 11.5. The van der Waals surface area contributed by atoms with Crippen LogP contribution in [0.5, 0.6) is 0 Å². The molecule has 2 aromatic carbocycles. The first kappa shape index (κ1) is 21.2. The van der Waals surface area contributed by atoms with Crippen LogP contribution >= 0.6 is 23.8 Å². The molecule has 3 rings (SSSR count). The van der Waals surface area contributed by atoms with E-state index in [0.717, 1.165) is 18.7 Å². The van der Waals surface area contributed by atoms with Crippen LogP contribution in [0, 0.1) is 6.92 Å². The summed E-state index contributed by atoms with van der Waals surface area (Å²) in [6, 6.07) is 12.2. The van der Waals surface area contributed by atoms with E-state index in [2.05, 4.69) is 15.5 Å². The second kappa shape index (κ2) is 9.35. The largest absolute Gasteiger partial charge is 0.336 e. The van der Waals surface area contributed by atoms with Crippen molar-refractivity contribution in [2.75, 3.05) is 38.5 Å². The highest BCUT2D eigenvalue weighted by atomic mass is 35.5. The maximum Gasteiger partial charge on any atom is 0.257 e. The molecule has 0 bridgehead atoms. The summed E-state index contributed by atoms with van der Waals surface area (Å²) in [5, 5.41) is 6.07. The van der Waals surface area contributed by atoms with Gasteiger partial charge in [-0.1, -0.05) is 29.3 Å². The van der Waals surface area contributed by atoms with E-state index in [-0.39, 0.29) is 16.9 Å². The van der Waals surface area contributed by atoms with Crippen LogP contribution in [0.4, 0.5) is 5.69 Å². The molecule has 6 nitrogen and oxygen atoms in total. The molecule has 0 spiro atoms. The van der Waals surface area contributed by atoms with E-state index in [4.69, 9.17) is 23.8 Å². The lowest BCUT2D eigenvalue weighted by Crippen LogP contribution is -2.47. The van der Waals surface area contributed by atoms with Crippen molar-refractivity contribution in [1.29, 1.82) is 0 Å². The van der Waals surface area contributed by atoms with Gasteiger partial charge in [-0.3, -0.25) is 14.9 Å². The third kappa shape index (κ3) is 5.53. The maximum absolute atomic E-state index is 12.8. The van der Waals surface area contributed by atoms with Gasteiger partial charge in [0.1, 0.15) is 0 Å². The van der Waals surface area contributed by atoms with Gasteiger partial charge in [0.2, 0.25) is 0 Å². The Morgan fingerprint density at radius 1 is 1.00 bits per heavy atom. The van der Waals surface area contributed by atoms with Crippen LogP contribution in [-0.2, 0) is 0 Å². The Kier molecular flexibility index (Phi) is 6.84. The Hall–Kier alpha value is -2.48. The third-order valence-electron chi connectivity index (χ3n) is 4.79. The van der Waals surface area contributed by atoms with Gasteiger partial charge in [-0.15, -0.1) is 0 Å². The van der Waals surface area contributed by atoms with E-state index < -0.39 is 0 Å². The summed E-state index contributed by atoms with van der Waals surface area (Å²) in [5.74, 6) is -0.365. The topological polar surface area (TPSA) is 64.7 Å². The number of nitrogens with one attached hydrogen (secondary N) is 2. The van der Waals surface area contributed by atoms with Crippen molar-refractivity contribution >= 4 is 46.4 Å². The quantitative estimate of drug-likeness (QED) is 0.732. The first-order valence-electron chi connectivity index (χ1n) is 9.30. The van der Waals surface area contributed by atoms with Gasteiger partial charge in [0.25, 0.3) is 11.8 Å². The van der Waals surface area contributed by atoms with E-state index in [9.17, 15) is 9.59 Å². The molecular weight excluding hydrogens is 408 g/mol. The highest BCUT2D eigenvalue weighted by Gasteiger charge is 2.21. The Balaban J connectivity index is 1.66. The number of hydrogen-bond donors (Lipinski definition) is 2. The number of anilines is 1. The standard InChI is InChI=1S/C21H23ClN4O2S/c1-14-3-5-15(6-4-14)19(27)24-21(29)23-18-13-16(7-8-17(18)22)20(28)26-11-9-25(2)10-12-26/h3-8,13H,9-12H2,1-2H3,(H2,23,24,27,29). The number of carbonyl (C=O) groups excluding carboxylic acids is 2. The number of thiocarbonyl (C=S) groups is 1. The first-order valence-corrected chi connectivity index (χ1v) is 10.1. The molecule has 29 heavy (non-hydrogen) atoms. The highest BCUT2D eigenvalue weighted by molar-refractivity contribution is 7.80. The van der Waals surface area contributed by atoms with Gasteiger partial charge in [0.15, 0.2) is 5.11 Å². The molecular formula is C21H23ClN4O2S. The molecule has 1 saturated heterocycles. The molecule has 152 valence electrons. The second-order valence-corrected chi connectivity index (χ2v) is 7.88. The van der Waals surface area contributed by atoms with Gasteiger partial charge >= 0.3 is 0 Å². The Labute approximate surface area is 180 Å². The number of benzene rings is 2. The second-order valence-electron chi connectivity index (χ2n) is 7.06. The van der Waals surface area contributed by atoms with Crippen LogP contribution in [0.25, 0.3) is 0 Å². The molecule has 2 N–H and O–H groups in total. The van der Waals surface area contributed by atoms with E-state index >= 15 is 0 Å². The molecule has 1 aliphatic rings. The van der Waals surface area contributed by atoms with Crippen LogP contribution in [0.3, 0.4) is 0 Å². The Bertz CT molecular complexity index is 925. The lowest BCUT2D eigenvalue weighted by molar-refractivity contribution is 0.0664. The van der Waals surface area contributed by atoms with Crippen LogP contribution in [0.2, 0.25) is 5.02 Å². The monoisotopic (exact) mass is 430 g/mol. The minimum atomic E-state index is -0.316. The molecule has 0 saturated carbocycles. The van der Waals surface area contributed by atoms with E-state index in [1.807, 2.05) is 31.0 Å². The molecule has 0 aromatic heterocycles. The van der Waals surface area contributed by atoms with Crippen LogP contribution in [0.15, 0.2) is 42.5 Å². The third-order valence-corrected chi connectivity index (χ3v) is 5.33. The number of likely N-dealkylation sites (N-methyl/N-ethyl adjacent to an activating group) is 1. The number of aryl methyl sites for hydroxylation is 1. The van der Waals surface area contributed by atoms with Crippen LogP contribution in [0.1, 0.15) is 26.3 Å². The average Bonchev–Trinajstić information content (AvgIpc) is 2.70. The summed E-state index contributed by atoms with van der Waals surface area (Å²) in [5.41, 5.74) is 2.57. The fourth-order valence-corrected chi connectivity index (χ4v) is 3.35. The summed E-state index contributed by atoms with van der Waals surface area (Å²) < 4.78 is 0. The zero-order chi connectivity index (χ0) is 21.0. The van der Waals surface area contributed by atoms with Crippen molar-refractivity contribution in [2.24, 2.45) is 0 Å². The van der Waals surface area contributed by atoms with Gasteiger partial charge in [0, 0.05) is 37.3 Å². The first-order chi connectivity index (χ1) is 13.8. The Morgan fingerprint density at radius 3 is 2.28 bits per heavy atom. The summed E-state index contributed by atoms with van der Waals surface area (Å²) in [4.78, 5) is 29.1. The van der Waals surface area contributed by atoms with Crippen molar-refractivity contribution in [2.45, 2.75) is 6.92 Å². The molecule has 1 heterocycles. The number of nitrogens with zero attached hydrogens (tertiary/aromatic N) is 2. The van der Waals surface area contributed by atoms with Crippen molar-refractivity contribution in [1.82, 2.24) is 15.1 Å². The number of rotatable bonds is 3. The smallest absolute Gasteiger partial charge is 0.257 e. The summed E-state index contributed by atoms with van der Waals surface area (Å²) in [7, 11) is 2.04. The van der Waals surface area contributed by atoms with Gasteiger partial charge in [-0.05, 0) is 56.5 Å². The molecule has 0 aliphatic carbocycles. The van der Waals surface area contributed by atoms with Crippen molar-refractivity contribution in [3.63, 3.8) is 0 Å². The van der Waals surface area contributed by atoms with Gasteiger partial charge in [0.05, 0.1) is 10.7 Å². The summed E-state index contributed by atoms with van der Waals surface area (Å²) in [6.45, 7) is 5.02. The zero-order valence-corrected chi connectivity index (χ0v) is 17.9. The number of amides is 2. The molecule has 0 radical (unpaired) electrons. The molecule has 1 fully saturated rings. The average molecular weight is 431 g/mol. The Morgan fingerprint density at radius 2 is 1.62 bits per heavy atom. The molecule has 8 heteroatoms. The molecule has 2 amide bonds. The summed E-state index contributed by atoms with van der Waals surface area (Å²) in [6.07, 6.45) is 0. The van der Waals surface area contributed by atoms with Crippen LogP contribution in [-0.4, -0.2) is 60.0 Å². The highest BCUT2D eigenvalue weighted by Crippen LogP contribution is 2.24. The molecule has 1 aliphatic heterocycles. The predicted octanol–water partition coefficient (Wildman–Crippen LogP) is 3.16. The number of hydrogen-bond acceptors (Lipinski definition) is 4. The van der Waals surface area contributed by atoms with Crippen molar-refractivity contribution in [3.8, 4) is 0 Å². The number of carbonyl (C=O) groups is 2. The van der Waals surface area contributed by atoms with Crippen molar-refractivity contribution in [3.05, 3.63) is 64.2 Å². The minimum Gasteiger partial charge on any atom is -0.336 e. The lowest BCUT2D eigenvalue weighted by atomic mass is 10.1.